The molecule has 1 saturated heterocycles. The highest BCUT2D eigenvalue weighted by Gasteiger charge is 2.17. The van der Waals surface area contributed by atoms with Gasteiger partial charge in [0.1, 0.15) is 0 Å². The lowest BCUT2D eigenvalue weighted by atomic mass is 10.2. The first kappa shape index (κ1) is 13.1. The number of benzene rings is 1. The van der Waals surface area contributed by atoms with Crippen LogP contribution in [0.4, 0.5) is 5.69 Å². The zero-order valence-corrected chi connectivity index (χ0v) is 10.7. The van der Waals surface area contributed by atoms with Crippen molar-refractivity contribution in [1.29, 1.82) is 0 Å². The Hall–Kier alpha value is -2.30. The van der Waals surface area contributed by atoms with Gasteiger partial charge in [-0.2, -0.15) is 0 Å². The van der Waals surface area contributed by atoms with Gasteiger partial charge in [0.15, 0.2) is 0 Å². The van der Waals surface area contributed by atoms with E-state index in [0.29, 0.717) is 31.9 Å². The van der Waals surface area contributed by atoms with E-state index in [4.69, 9.17) is 5.73 Å². The first-order valence-corrected chi connectivity index (χ1v) is 6.21. The van der Waals surface area contributed by atoms with Crippen molar-refractivity contribution in [2.75, 3.05) is 31.9 Å². The van der Waals surface area contributed by atoms with E-state index in [-0.39, 0.29) is 5.91 Å². The maximum atomic E-state index is 12.0. The van der Waals surface area contributed by atoms with Crippen LogP contribution in [0.15, 0.2) is 30.3 Å². The van der Waals surface area contributed by atoms with Crippen LogP contribution in [0.2, 0.25) is 0 Å². The van der Waals surface area contributed by atoms with Gasteiger partial charge >= 0.3 is 0 Å². The van der Waals surface area contributed by atoms with E-state index in [1.165, 1.54) is 0 Å². The summed E-state index contributed by atoms with van der Waals surface area (Å²) < 4.78 is 0. The summed E-state index contributed by atoms with van der Waals surface area (Å²) in [5.41, 5.74) is 7.25. The highest BCUT2D eigenvalue weighted by Crippen LogP contribution is 2.09. The monoisotopic (exact) mass is 259 g/mol. The largest absolute Gasteiger partial charge is 0.399 e. The molecule has 0 radical (unpaired) electrons. The molecule has 2 amide bonds. The van der Waals surface area contributed by atoms with Gasteiger partial charge in [-0.3, -0.25) is 9.59 Å². The molecular weight excluding hydrogens is 242 g/mol. The highest BCUT2D eigenvalue weighted by atomic mass is 16.2. The number of amides is 2. The summed E-state index contributed by atoms with van der Waals surface area (Å²) >= 11 is 0. The van der Waals surface area contributed by atoms with E-state index in [0.717, 1.165) is 12.0 Å². The fourth-order valence-electron chi connectivity index (χ4n) is 1.98. The number of piperazine rings is 1. The number of carbonyl (C=O) groups excluding carboxylic acids is 2. The van der Waals surface area contributed by atoms with Crippen molar-refractivity contribution in [2.24, 2.45) is 0 Å². The van der Waals surface area contributed by atoms with E-state index in [1.54, 1.807) is 28.0 Å². The molecule has 0 aromatic heterocycles. The molecule has 0 spiro atoms. The van der Waals surface area contributed by atoms with Crippen molar-refractivity contribution in [3.8, 4) is 0 Å². The molecule has 2 N–H and O–H groups in total. The molecule has 1 aromatic rings. The molecule has 5 nitrogen and oxygen atoms in total. The Bertz CT molecular complexity index is 491. The van der Waals surface area contributed by atoms with Crippen molar-refractivity contribution in [3.63, 3.8) is 0 Å². The van der Waals surface area contributed by atoms with Gasteiger partial charge in [0, 0.05) is 37.9 Å². The van der Waals surface area contributed by atoms with Crippen molar-refractivity contribution in [2.45, 2.75) is 0 Å². The van der Waals surface area contributed by atoms with Crippen molar-refractivity contribution >= 4 is 24.1 Å². The standard InChI is InChI=1S/C14H17N3O2/c15-13-3-1-2-12(10-13)4-5-14(19)17-8-6-16(11-18)7-9-17/h1-5,10-11H,6-9,15H2/b5-4+. The molecular formula is C14H17N3O2. The molecule has 0 atom stereocenters. The van der Waals surface area contributed by atoms with E-state index < -0.39 is 0 Å². The van der Waals surface area contributed by atoms with Crippen LogP contribution in [0.1, 0.15) is 5.56 Å². The number of nitrogens with two attached hydrogens (primary N) is 1. The molecule has 0 bridgehead atoms. The maximum absolute atomic E-state index is 12.0. The lowest BCUT2D eigenvalue weighted by molar-refractivity contribution is -0.130. The quantitative estimate of drug-likeness (QED) is 0.490. The molecule has 1 aliphatic rings. The maximum Gasteiger partial charge on any atom is 0.246 e. The number of carbonyl (C=O) groups is 2. The Kier molecular flexibility index (Phi) is 4.18. The predicted octanol–water partition coefficient (Wildman–Crippen LogP) is 0.583. The van der Waals surface area contributed by atoms with Crippen LogP contribution >= 0.6 is 0 Å². The molecule has 0 unspecified atom stereocenters. The lowest BCUT2D eigenvalue weighted by Gasteiger charge is -2.31. The first-order chi connectivity index (χ1) is 9.19. The van der Waals surface area contributed by atoms with Gasteiger partial charge in [-0.15, -0.1) is 0 Å². The third-order valence-electron chi connectivity index (χ3n) is 3.10. The van der Waals surface area contributed by atoms with Crippen LogP contribution in [-0.2, 0) is 9.59 Å². The fourth-order valence-corrected chi connectivity index (χ4v) is 1.98. The molecule has 1 fully saturated rings. The minimum atomic E-state index is -0.0343. The smallest absolute Gasteiger partial charge is 0.246 e. The van der Waals surface area contributed by atoms with Crippen molar-refractivity contribution in [3.05, 3.63) is 35.9 Å². The van der Waals surface area contributed by atoms with E-state index in [1.807, 2.05) is 18.2 Å². The first-order valence-electron chi connectivity index (χ1n) is 6.21. The lowest BCUT2D eigenvalue weighted by Crippen LogP contribution is -2.47. The van der Waals surface area contributed by atoms with Crippen LogP contribution in [0.25, 0.3) is 6.08 Å². The summed E-state index contributed by atoms with van der Waals surface area (Å²) in [4.78, 5) is 25.9. The average Bonchev–Trinajstić information content (AvgIpc) is 2.45. The molecule has 0 aliphatic carbocycles. The third kappa shape index (κ3) is 3.58. The Morgan fingerprint density at radius 2 is 1.95 bits per heavy atom. The predicted molar refractivity (Wildman–Crippen MR) is 74.1 cm³/mol. The summed E-state index contributed by atoms with van der Waals surface area (Å²) in [5, 5.41) is 0. The Morgan fingerprint density at radius 3 is 2.58 bits per heavy atom. The normalized spacial score (nSPS) is 15.8. The van der Waals surface area contributed by atoms with Gasteiger partial charge in [0.05, 0.1) is 0 Å². The second-order valence-electron chi connectivity index (χ2n) is 4.47. The molecule has 2 rings (SSSR count). The average molecular weight is 259 g/mol. The summed E-state index contributed by atoms with van der Waals surface area (Å²) in [6.45, 7) is 2.36. The fraction of sp³-hybridized carbons (Fsp3) is 0.286. The SMILES string of the molecule is Nc1cccc(/C=C/C(=O)N2CCN(C=O)CC2)c1. The second-order valence-corrected chi connectivity index (χ2v) is 4.47. The minimum Gasteiger partial charge on any atom is -0.399 e. The number of hydrogen-bond donors (Lipinski definition) is 1. The molecule has 100 valence electrons. The molecule has 1 heterocycles. The summed E-state index contributed by atoms with van der Waals surface area (Å²) in [6, 6.07) is 7.36. The van der Waals surface area contributed by atoms with E-state index in [9.17, 15) is 9.59 Å². The Labute approximate surface area is 112 Å². The van der Waals surface area contributed by atoms with Gasteiger partial charge in [-0.1, -0.05) is 12.1 Å². The second kappa shape index (κ2) is 6.04. The molecule has 19 heavy (non-hydrogen) atoms. The van der Waals surface area contributed by atoms with Crippen molar-refractivity contribution in [1.82, 2.24) is 9.80 Å². The van der Waals surface area contributed by atoms with Gasteiger partial charge in [-0.25, -0.2) is 0 Å². The van der Waals surface area contributed by atoms with Gasteiger partial charge < -0.3 is 15.5 Å². The van der Waals surface area contributed by atoms with Crippen molar-refractivity contribution < 1.29 is 9.59 Å². The van der Waals surface area contributed by atoms with Crippen LogP contribution in [-0.4, -0.2) is 48.3 Å². The minimum absolute atomic E-state index is 0.0343. The van der Waals surface area contributed by atoms with Crippen LogP contribution < -0.4 is 5.73 Å². The van der Waals surface area contributed by atoms with Crippen LogP contribution in [0, 0.1) is 0 Å². The number of hydrogen-bond acceptors (Lipinski definition) is 3. The zero-order valence-electron chi connectivity index (χ0n) is 10.7. The van der Waals surface area contributed by atoms with Gasteiger partial charge in [-0.05, 0) is 23.8 Å². The molecule has 1 aliphatic heterocycles. The van der Waals surface area contributed by atoms with Crippen LogP contribution in [0.5, 0.6) is 0 Å². The molecule has 0 saturated carbocycles. The summed E-state index contributed by atoms with van der Waals surface area (Å²) in [7, 11) is 0. The number of nitrogens with zero attached hydrogens (tertiary/aromatic N) is 2. The third-order valence-corrected chi connectivity index (χ3v) is 3.10. The topological polar surface area (TPSA) is 66.6 Å². The Balaban J connectivity index is 1.92. The highest BCUT2D eigenvalue weighted by molar-refractivity contribution is 5.92. The van der Waals surface area contributed by atoms with Gasteiger partial charge in [0.25, 0.3) is 0 Å². The zero-order chi connectivity index (χ0) is 13.7. The van der Waals surface area contributed by atoms with E-state index in [2.05, 4.69) is 0 Å². The van der Waals surface area contributed by atoms with Gasteiger partial charge in [0.2, 0.25) is 12.3 Å². The summed E-state index contributed by atoms with van der Waals surface area (Å²) in [6.07, 6.45) is 4.13. The summed E-state index contributed by atoms with van der Waals surface area (Å²) in [5.74, 6) is -0.0343. The number of rotatable bonds is 3. The molecule has 5 heteroatoms. The van der Waals surface area contributed by atoms with E-state index >= 15 is 0 Å². The van der Waals surface area contributed by atoms with Crippen LogP contribution in [0.3, 0.4) is 0 Å². The number of nitrogen functional groups attached to an aromatic ring is 1. The molecule has 1 aromatic carbocycles. The number of anilines is 1. The Morgan fingerprint density at radius 1 is 1.21 bits per heavy atom.